The first-order valence-electron chi connectivity index (χ1n) is 7.87. The maximum atomic E-state index is 12.6. The second kappa shape index (κ2) is 8.77. The van der Waals surface area contributed by atoms with Gasteiger partial charge >= 0.3 is 0 Å². The highest BCUT2D eigenvalue weighted by atomic mass is 35.5. The summed E-state index contributed by atoms with van der Waals surface area (Å²) < 4.78 is 0. The minimum atomic E-state index is -0.776. The van der Waals surface area contributed by atoms with Crippen LogP contribution >= 0.6 is 22.9 Å². The highest BCUT2D eigenvalue weighted by Gasteiger charge is 2.26. The quantitative estimate of drug-likeness (QED) is 0.667. The number of amides is 3. The first-order valence-corrected chi connectivity index (χ1v) is 9.12. The van der Waals surface area contributed by atoms with Gasteiger partial charge in [-0.25, -0.2) is 4.98 Å². The molecule has 1 heterocycles. The van der Waals surface area contributed by atoms with Crippen LogP contribution in [0.1, 0.15) is 29.9 Å². The maximum Gasteiger partial charge on any atom is 0.253 e. The van der Waals surface area contributed by atoms with E-state index in [-0.39, 0.29) is 12.3 Å². The Bertz CT molecular complexity index is 822. The van der Waals surface area contributed by atoms with Gasteiger partial charge < -0.3 is 16.4 Å². The van der Waals surface area contributed by atoms with Crippen LogP contribution in [0.15, 0.2) is 29.6 Å². The summed E-state index contributed by atoms with van der Waals surface area (Å²) >= 11 is 7.21. The van der Waals surface area contributed by atoms with Crippen molar-refractivity contribution in [3.8, 4) is 0 Å². The number of hydrogen-bond donors (Lipinski definition) is 3. The van der Waals surface area contributed by atoms with Gasteiger partial charge in [0.25, 0.3) is 5.91 Å². The molecule has 26 heavy (non-hydrogen) atoms. The normalized spacial score (nSPS) is 11.8. The van der Waals surface area contributed by atoms with E-state index in [1.165, 1.54) is 11.3 Å². The Labute approximate surface area is 159 Å². The molecule has 0 radical (unpaired) electrons. The largest absolute Gasteiger partial charge is 0.369 e. The zero-order valence-corrected chi connectivity index (χ0v) is 15.9. The molecule has 1 unspecified atom stereocenters. The van der Waals surface area contributed by atoms with E-state index in [0.29, 0.717) is 21.4 Å². The second-order valence-corrected chi connectivity index (χ2v) is 7.22. The average molecular weight is 395 g/mol. The third-order valence-electron chi connectivity index (χ3n) is 3.49. The smallest absolute Gasteiger partial charge is 0.253 e. The third-order valence-corrected chi connectivity index (χ3v) is 4.63. The molecule has 4 N–H and O–H groups in total. The van der Waals surface area contributed by atoms with E-state index in [1.807, 2.05) is 13.8 Å². The lowest BCUT2D eigenvalue weighted by molar-refractivity contribution is -0.119. The number of halogens is 1. The highest BCUT2D eigenvalue weighted by molar-refractivity contribution is 7.13. The number of nitrogens with one attached hydrogen (secondary N) is 2. The number of carbonyl (C=O) groups is 3. The van der Waals surface area contributed by atoms with E-state index in [9.17, 15) is 14.4 Å². The number of anilines is 1. The lowest BCUT2D eigenvalue weighted by Gasteiger charge is -2.21. The highest BCUT2D eigenvalue weighted by Crippen LogP contribution is 2.18. The average Bonchev–Trinajstić information content (AvgIpc) is 2.98. The van der Waals surface area contributed by atoms with Crippen LogP contribution in [0.3, 0.4) is 0 Å². The molecule has 1 atom stereocenters. The second-order valence-electron chi connectivity index (χ2n) is 5.95. The molecule has 0 saturated heterocycles. The van der Waals surface area contributed by atoms with Crippen molar-refractivity contribution >= 4 is 45.8 Å². The van der Waals surface area contributed by atoms with Gasteiger partial charge in [0, 0.05) is 5.38 Å². The molecule has 3 amide bonds. The van der Waals surface area contributed by atoms with Crippen molar-refractivity contribution in [1.82, 2.24) is 10.3 Å². The molecule has 0 spiro atoms. The summed E-state index contributed by atoms with van der Waals surface area (Å²) in [6.45, 7) is 3.63. The first-order chi connectivity index (χ1) is 12.3. The van der Waals surface area contributed by atoms with E-state index < -0.39 is 23.8 Å². The summed E-state index contributed by atoms with van der Waals surface area (Å²) in [7, 11) is 0. The Balaban J connectivity index is 2.07. The molecule has 0 bridgehead atoms. The van der Waals surface area contributed by atoms with Gasteiger partial charge in [-0.3, -0.25) is 14.4 Å². The molecular weight excluding hydrogens is 376 g/mol. The van der Waals surface area contributed by atoms with E-state index >= 15 is 0 Å². The Hall–Kier alpha value is -2.45. The fraction of sp³-hybridized carbons (Fsp3) is 0.294. The molecule has 7 nitrogen and oxygen atoms in total. The van der Waals surface area contributed by atoms with Crippen molar-refractivity contribution < 1.29 is 14.4 Å². The lowest BCUT2D eigenvalue weighted by Crippen LogP contribution is -2.47. The van der Waals surface area contributed by atoms with E-state index in [2.05, 4.69) is 15.6 Å². The summed E-state index contributed by atoms with van der Waals surface area (Å²) in [6.07, 6.45) is 0.00320. The van der Waals surface area contributed by atoms with E-state index in [0.717, 1.165) is 0 Å². The van der Waals surface area contributed by atoms with Gasteiger partial charge in [-0.1, -0.05) is 37.6 Å². The summed E-state index contributed by atoms with van der Waals surface area (Å²) in [5, 5.41) is 7.65. The molecule has 1 aromatic heterocycles. The number of nitrogens with two attached hydrogens (primary N) is 1. The van der Waals surface area contributed by atoms with Crippen LogP contribution in [0.2, 0.25) is 5.02 Å². The van der Waals surface area contributed by atoms with Crippen molar-refractivity contribution in [2.45, 2.75) is 26.3 Å². The molecule has 1 aromatic carbocycles. The van der Waals surface area contributed by atoms with E-state index in [4.69, 9.17) is 17.3 Å². The van der Waals surface area contributed by atoms with Crippen molar-refractivity contribution in [2.75, 3.05) is 5.32 Å². The molecule has 0 aliphatic heterocycles. The molecule has 0 fully saturated rings. The number of benzene rings is 1. The molecule has 9 heteroatoms. The van der Waals surface area contributed by atoms with Gasteiger partial charge in [-0.05, 0) is 18.1 Å². The summed E-state index contributed by atoms with van der Waals surface area (Å²) in [6, 6.07) is 5.84. The fourth-order valence-corrected chi connectivity index (χ4v) is 3.14. The lowest BCUT2D eigenvalue weighted by atomic mass is 10.0. The van der Waals surface area contributed by atoms with Gasteiger partial charge in [-0.2, -0.15) is 0 Å². The SMILES string of the molecule is CC(C)C(NC(=O)c1ccccc1Cl)C(=O)Nc1nc(CC(N)=O)cs1. The van der Waals surface area contributed by atoms with Crippen LogP contribution in [0, 0.1) is 5.92 Å². The standard InChI is InChI=1S/C17H19ClN4O3S/c1-9(2)14(21-15(24)11-5-3-4-6-12(11)18)16(25)22-17-20-10(8-26-17)7-13(19)23/h3-6,8-9,14H,7H2,1-2H3,(H2,19,23)(H,21,24)(H,20,22,25). The number of aromatic nitrogens is 1. The summed E-state index contributed by atoms with van der Waals surface area (Å²) in [4.78, 5) is 40.0. The Morgan fingerprint density at radius 3 is 2.58 bits per heavy atom. The molecule has 0 saturated carbocycles. The summed E-state index contributed by atoms with van der Waals surface area (Å²) in [5.41, 5.74) is 5.91. The predicted octanol–water partition coefficient (Wildman–Crippen LogP) is 2.22. The number of rotatable bonds is 7. The van der Waals surface area contributed by atoms with Crippen molar-refractivity contribution in [3.05, 3.63) is 45.9 Å². The van der Waals surface area contributed by atoms with Crippen molar-refractivity contribution in [1.29, 1.82) is 0 Å². The Morgan fingerprint density at radius 1 is 1.27 bits per heavy atom. The van der Waals surface area contributed by atoms with Crippen molar-refractivity contribution in [3.63, 3.8) is 0 Å². The van der Waals surface area contributed by atoms with E-state index in [1.54, 1.807) is 29.6 Å². The topological polar surface area (TPSA) is 114 Å². The zero-order valence-electron chi connectivity index (χ0n) is 14.3. The van der Waals surface area contributed by atoms with Gasteiger partial charge in [0.15, 0.2) is 5.13 Å². The van der Waals surface area contributed by atoms with Crippen LogP contribution in [-0.4, -0.2) is 28.7 Å². The van der Waals surface area contributed by atoms with Crippen LogP contribution in [0.25, 0.3) is 0 Å². The summed E-state index contributed by atoms with van der Waals surface area (Å²) in [5.74, 6) is -1.50. The molecule has 2 rings (SSSR count). The molecule has 138 valence electrons. The zero-order chi connectivity index (χ0) is 19.3. The fourth-order valence-electron chi connectivity index (χ4n) is 2.21. The van der Waals surface area contributed by atoms with Crippen LogP contribution < -0.4 is 16.4 Å². The predicted molar refractivity (Wildman–Crippen MR) is 101 cm³/mol. The molecular formula is C17H19ClN4O3S. The molecule has 0 aliphatic carbocycles. The molecule has 2 aromatic rings. The van der Waals surface area contributed by atoms with Gasteiger partial charge in [0.2, 0.25) is 11.8 Å². The number of carbonyl (C=O) groups excluding carboxylic acids is 3. The van der Waals surface area contributed by atoms with Gasteiger partial charge in [0.1, 0.15) is 6.04 Å². The van der Waals surface area contributed by atoms with Crippen LogP contribution in [-0.2, 0) is 16.0 Å². The molecule has 0 aliphatic rings. The number of hydrogen-bond acceptors (Lipinski definition) is 5. The monoisotopic (exact) mass is 394 g/mol. The maximum absolute atomic E-state index is 12.6. The Kier molecular flexibility index (Phi) is 6.70. The van der Waals surface area contributed by atoms with Gasteiger partial charge in [0.05, 0.1) is 22.7 Å². The third kappa shape index (κ3) is 5.27. The van der Waals surface area contributed by atoms with Crippen molar-refractivity contribution in [2.24, 2.45) is 11.7 Å². The Morgan fingerprint density at radius 2 is 1.96 bits per heavy atom. The first kappa shape index (κ1) is 19.9. The van der Waals surface area contributed by atoms with Crippen LogP contribution in [0.5, 0.6) is 0 Å². The number of thiazole rings is 1. The number of nitrogens with zero attached hydrogens (tertiary/aromatic N) is 1. The minimum Gasteiger partial charge on any atom is -0.369 e. The minimum absolute atomic E-state index is 0.00320. The van der Waals surface area contributed by atoms with Gasteiger partial charge in [-0.15, -0.1) is 11.3 Å². The van der Waals surface area contributed by atoms with Crippen LogP contribution in [0.4, 0.5) is 5.13 Å². The number of primary amides is 1.